The zero-order chi connectivity index (χ0) is 22.4. The molecular formula is C23H27FN2O5. The van der Waals surface area contributed by atoms with Crippen LogP contribution in [-0.4, -0.2) is 40.8 Å². The highest BCUT2D eigenvalue weighted by Crippen LogP contribution is 2.39. The summed E-state index contributed by atoms with van der Waals surface area (Å²) in [4.78, 5) is 37.8. The molecule has 166 valence electrons. The molecule has 8 heteroatoms. The molecule has 1 aromatic heterocycles. The molecule has 2 aromatic rings. The number of rotatable bonds is 4. The van der Waals surface area contributed by atoms with Crippen LogP contribution in [0.1, 0.15) is 62.0 Å². The SMILES string of the molecule is CCC1CN(c2c(F)cc3c(=O)c(C(=O)O)cn4c3c2CCC4C)CC[C@@H]1OC(C)=O. The molecule has 1 N–H and O–H groups in total. The first kappa shape index (κ1) is 21.3. The van der Waals surface area contributed by atoms with Crippen LogP contribution in [0.3, 0.4) is 0 Å². The molecule has 0 bridgehead atoms. The monoisotopic (exact) mass is 430 g/mol. The number of aromatic nitrogens is 1. The summed E-state index contributed by atoms with van der Waals surface area (Å²) in [5.74, 6) is -2.04. The second-order valence-corrected chi connectivity index (χ2v) is 8.60. The van der Waals surface area contributed by atoms with Crippen LogP contribution in [0.2, 0.25) is 0 Å². The number of hydrogen-bond donors (Lipinski definition) is 1. The highest BCUT2D eigenvalue weighted by molar-refractivity contribution is 5.95. The highest BCUT2D eigenvalue weighted by atomic mass is 19.1. The lowest BCUT2D eigenvalue weighted by atomic mass is 9.89. The molecule has 31 heavy (non-hydrogen) atoms. The van der Waals surface area contributed by atoms with E-state index in [2.05, 4.69) is 0 Å². The Balaban J connectivity index is 1.85. The van der Waals surface area contributed by atoms with Crippen LogP contribution in [0.15, 0.2) is 17.1 Å². The molecular weight excluding hydrogens is 403 g/mol. The number of hydrogen-bond acceptors (Lipinski definition) is 5. The van der Waals surface area contributed by atoms with Gasteiger partial charge in [0.2, 0.25) is 5.43 Å². The zero-order valence-electron chi connectivity index (χ0n) is 18.0. The molecule has 0 aliphatic carbocycles. The summed E-state index contributed by atoms with van der Waals surface area (Å²) in [5.41, 5.74) is 0.866. The van der Waals surface area contributed by atoms with Gasteiger partial charge >= 0.3 is 11.9 Å². The van der Waals surface area contributed by atoms with Crippen molar-refractivity contribution in [3.8, 4) is 0 Å². The highest BCUT2D eigenvalue weighted by Gasteiger charge is 2.34. The maximum Gasteiger partial charge on any atom is 0.341 e. The Morgan fingerprint density at radius 3 is 2.71 bits per heavy atom. The quantitative estimate of drug-likeness (QED) is 0.747. The molecule has 1 fully saturated rings. The molecule has 3 heterocycles. The van der Waals surface area contributed by atoms with Gasteiger partial charge < -0.3 is 19.3 Å². The second-order valence-electron chi connectivity index (χ2n) is 8.60. The van der Waals surface area contributed by atoms with Gasteiger partial charge in [0.1, 0.15) is 17.5 Å². The van der Waals surface area contributed by atoms with Crippen molar-refractivity contribution in [2.75, 3.05) is 18.0 Å². The number of carboxylic acid groups (broad SMARTS) is 1. The largest absolute Gasteiger partial charge is 0.477 e. The maximum atomic E-state index is 15.4. The Labute approximate surface area is 179 Å². The molecule has 3 atom stereocenters. The summed E-state index contributed by atoms with van der Waals surface area (Å²) in [5, 5.41) is 9.55. The van der Waals surface area contributed by atoms with E-state index in [1.54, 1.807) is 0 Å². The molecule has 0 amide bonds. The average Bonchev–Trinajstić information content (AvgIpc) is 2.71. The van der Waals surface area contributed by atoms with Crippen molar-refractivity contribution in [1.82, 2.24) is 4.57 Å². The zero-order valence-corrected chi connectivity index (χ0v) is 18.0. The average molecular weight is 430 g/mol. The summed E-state index contributed by atoms with van der Waals surface area (Å²) in [6.45, 7) is 6.49. The molecule has 1 aromatic carbocycles. The molecule has 4 rings (SSSR count). The molecule has 0 spiro atoms. The Hall–Kier alpha value is -2.90. The van der Waals surface area contributed by atoms with E-state index in [9.17, 15) is 19.5 Å². The topological polar surface area (TPSA) is 88.8 Å². The van der Waals surface area contributed by atoms with Crippen LogP contribution in [0.4, 0.5) is 10.1 Å². The van der Waals surface area contributed by atoms with Crippen molar-refractivity contribution in [1.29, 1.82) is 0 Å². The van der Waals surface area contributed by atoms with Gasteiger partial charge in [-0.05, 0) is 32.3 Å². The summed E-state index contributed by atoms with van der Waals surface area (Å²) >= 11 is 0. The normalized spacial score (nSPS) is 23.1. The maximum absolute atomic E-state index is 15.4. The van der Waals surface area contributed by atoms with Crippen molar-refractivity contribution < 1.29 is 23.8 Å². The third kappa shape index (κ3) is 3.58. The lowest BCUT2D eigenvalue weighted by molar-refractivity contribution is -0.150. The van der Waals surface area contributed by atoms with Gasteiger partial charge in [-0.25, -0.2) is 9.18 Å². The Morgan fingerprint density at radius 2 is 2.06 bits per heavy atom. The molecule has 0 radical (unpaired) electrons. The van der Waals surface area contributed by atoms with Crippen molar-refractivity contribution >= 4 is 28.5 Å². The standard InChI is InChI=1S/C23H27FN2O5/c1-4-14-10-25(8-7-19(14)31-13(3)27)21-15-6-5-12(2)26-11-17(23(29)30)22(28)16(20(15)26)9-18(21)24/h9,11-12,14,19H,4-8,10H2,1-3H3,(H,29,30)/t12?,14?,19-/m0/s1. The van der Waals surface area contributed by atoms with E-state index < -0.39 is 17.2 Å². The number of anilines is 1. The number of aromatic carboxylic acids is 1. The van der Waals surface area contributed by atoms with Crippen LogP contribution in [-0.2, 0) is 16.0 Å². The summed E-state index contributed by atoms with van der Waals surface area (Å²) in [6, 6.07) is 1.20. The number of halogens is 1. The van der Waals surface area contributed by atoms with Gasteiger partial charge in [0, 0.05) is 55.5 Å². The molecule has 2 unspecified atom stereocenters. The summed E-state index contributed by atoms with van der Waals surface area (Å²) in [6.07, 6.45) is 3.94. The van der Waals surface area contributed by atoms with Gasteiger partial charge in [-0.3, -0.25) is 9.59 Å². The van der Waals surface area contributed by atoms with Crippen LogP contribution in [0.25, 0.3) is 10.9 Å². The predicted octanol–water partition coefficient (Wildman–Crippen LogP) is 3.51. The van der Waals surface area contributed by atoms with Gasteiger partial charge in [0.15, 0.2) is 0 Å². The first-order valence-electron chi connectivity index (χ1n) is 10.8. The minimum absolute atomic E-state index is 0.00473. The fourth-order valence-electron chi connectivity index (χ4n) is 5.10. The van der Waals surface area contributed by atoms with E-state index in [4.69, 9.17) is 4.74 Å². The van der Waals surface area contributed by atoms with Crippen LogP contribution < -0.4 is 10.3 Å². The first-order chi connectivity index (χ1) is 14.7. The van der Waals surface area contributed by atoms with E-state index in [-0.39, 0.29) is 35.0 Å². The number of nitrogens with zero attached hydrogens (tertiary/aromatic N) is 2. The fraction of sp³-hybridized carbons (Fsp3) is 0.522. The number of ether oxygens (including phenoxy) is 1. The Morgan fingerprint density at radius 1 is 1.32 bits per heavy atom. The lowest BCUT2D eigenvalue weighted by Crippen LogP contribution is -2.45. The van der Waals surface area contributed by atoms with E-state index in [0.717, 1.165) is 18.4 Å². The van der Waals surface area contributed by atoms with Crippen LogP contribution in [0.5, 0.6) is 0 Å². The number of benzene rings is 1. The number of esters is 1. The van der Waals surface area contributed by atoms with Crippen molar-refractivity contribution in [3.05, 3.63) is 39.4 Å². The molecule has 2 aliphatic rings. The van der Waals surface area contributed by atoms with Gasteiger partial charge in [-0.15, -0.1) is 0 Å². The molecule has 7 nitrogen and oxygen atoms in total. The molecule has 2 aliphatic heterocycles. The third-order valence-corrected chi connectivity index (χ3v) is 6.68. The summed E-state index contributed by atoms with van der Waals surface area (Å²) in [7, 11) is 0. The number of piperidine rings is 1. The van der Waals surface area contributed by atoms with Gasteiger partial charge in [-0.2, -0.15) is 0 Å². The van der Waals surface area contributed by atoms with E-state index >= 15 is 4.39 Å². The van der Waals surface area contributed by atoms with Crippen LogP contribution >= 0.6 is 0 Å². The minimum atomic E-state index is -1.31. The van der Waals surface area contributed by atoms with E-state index in [1.807, 2.05) is 23.3 Å². The molecule has 0 saturated carbocycles. The lowest BCUT2D eigenvalue weighted by Gasteiger charge is -2.40. The number of carbonyl (C=O) groups excluding carboxylic acids is 1. The minimum Gasteiger partial charge on any atom is -0.477 e. The Bertz CT molecular complexity index is 1130. The predicted molar refractivity (Wildman–Crippen MR) is 114 cm³/mol. The number of pyridine rings is 1. The summed E-state index contributed by atoms with van der Waals surface area (Å²) < 4.78 is 22.7. The van der Waals surface area contributed by atoms with Crippen molar-refractivity contribution in [2.24, 2.45) is 5.92 Å². The van der Waals surface area contributed by atoms with E-state index in [0.29, 0.717) is 37.1 Å². The Kier molecular flexibility index (Phi) is 5.49. The molecule has 1 saturated heterocycles. The van der Waals surface area contributed by atoms with Crippen LogP contribution in [0, 0.1) is 11.7 Å². The van der Waals surface area contributed by atoms with Crippen molar-refractivity contribution in [3.63, 3.8) is 0 Å². The van der Waals surface area contributed by atoms with Gasteiger partial charge in [0.05, 0.1) is 11.2 Å². The van der Waals surface area contributed by atoms with Gasteiger partial charge in [0.25, 0.3) is 0 Å². The number of carboxylic acids is 1. The second kappa shape index (κ2) is 7.98. The number of carbonyl (C=O) groups is 2. The third-order valence-electron chi connectivity index (χ3n) is 6.68. The van der Waals surface area contributed by atoms with Crippen molar-refractivity contribution in [2.45, 2.75) is 58.6 Å². The fourth-order valence-corrected chi connectivity index (χ4v) is 5.10. The number of aryl methyl sites for hydroxylation is 1. The smallest absolute Gasteiger partial charge is 0.341 e. The van der Waals surface area contributed by atoms with Gasteiger partial charge in [-0.1, -0.05) is 6.92 Å². The van der Waals surface area contributed by atoms with E-state index in [1.165, 1.54) is 19.2 Å². The first-order valence-corrected chi connectivity index (χ1v) is 10.8.